The first-order valence-corrected chi connectivity index (χ1v) is 41.8. The van der Waals surface area contributed by atoms with E-state index in [4.69, 9.17) is 58.7 Å². The predicted molar refractivity (Wildman–Crippen MR) is 242 cm³/mol. The number of rotatable bonds is 24. The van der Waals surface area contributed by atoms with Gasteiger partial charge in [0, 0.05) is 11.1 Å². The summed E-state index contributed by atoms with van der Waals surface area (Å²) in [6, 6.07) is 18.7. The molecule has 0 aliphatic heterocycles. The third-order valence-corrected chi connectivity index (χ3v) is 11.0. The van der Waals surface area contributed by atoms with Crippen molar-refractivity contribution in [1.29, 1.82) is 0 Å². The SMILES string of the molecule is CCCCCCCCCCCCc1ccccc1[I+]c1ccccc1CCCCCCCCCCCC.F.F.F.F.F.F.[O]=[Sb]([OH])[OH].[O]=[Sb]([OH])[OH].[O]=[Sb]([OH])[OH].[O]=[Sb]([OH])[OH].[O]=[Sb]([OH])[OH].[O]=[Sb]([OH])[OH]. The standard InChI is InChI=1S/C36H58I.6FH.12H2O.6O.6Sb/c1-3-5-7-9-11-13-15-17-19-21-27-33-29-23-25-31-35(33)37-36-32-26-24-30-34(36)28-22-20-18-16-14-12-10-8-6-4-2;;;;;;;;;;;;;;;;;;;;;;;;;;;;;;/h23-26,29-32H,3-22,27-28H2,1-2H3;6*1H;12*1H2;;;;;;;;;;;;/q+1;;;;;;;;;;;;;;;;;;;;;;;;;6*+2/p-12. The van der Waals surface area contributed by atoms with Gasteiger partial charge < -0.3 is 0 Å². The summed E-state index contributed by atoms with van der Waals surface area (Å²) < 4.78 is 143. The molecular weight excluding hydrogens is 1690 g/mol. The minimum absolute atomic E-state index is 0. The maximum atomic E-state index is 8.82. The van der Waals surface area contributed by atoms with Gasteiger partial charge in [0.25, 0.3) is 0 Å². The number of halogens is 7. The summed E-state index contributed by atoms with van der Waals surface area (Å²) in [5, 5.41) is 0. The Kier molecular flexibility index (Phi) is 109. The van der Waals surface area contributed by atoms with Crippen LogP contribution < -0.4 is 21.2 Å². The van der Waals surface area contributed by atoms with Gasteiger partial charge >= 0.3 is 206 Å². The van der Waals surface area contributed by atoms with Crippen molar-refractivity contribution in [2.45, 2.75) is 155 Å². The maximum absolute atomic E-state index is 8.82. The van der Waals surface area contributed by atoms with Crippen LogP contribution in [0.4, 0.5) is 28.2 Å². The molecule has 31 heteroatoms. The second-order valence-electron chi connectivity index (χ2n) is 12.7. The van der Waals surface area contributed by atoms with Crippen molar-refractivity contribution in [3.8, 4) is 0 Å². The van der Waals surface area contributed by atoms with E-state index < -0.39 is 126 Å². The van der Waals surface area contributed by atoms with E-state index >= 15 is 0 Å². The van der Waals surface area contributed by atoms with Crippen molar-refractivity contribution in [3.63, 3.8) is 0 Å². The number of benzene rings is 2. The summed E-state index contributed by atoms with van der Waals surface area (Å²) in [5.41, 5.74) is 3.26. The van der Waals surface area contributed by atoms with Crippen molar-refractivity contribution in [3.05, 3.63) is 66.8 Å². The zero-order valence-electron chi connectivity index (χ0n) is 37.5. The van der Waals surface area contributed by atoms with Crippen LogP contribution in [0, 0.1) is 7.14 Å². The van der Waals surface area contributed by atoms with E-state index in [-0.39, 0.29) is 49.4 Å². The number of aryl methyl sites for hydroxylation is 2. The molecule has 0 fully saturated rings. The van der Waals surface area contributed by atoms with Gasteiger partial charge in [0.15, 0.2) is 7.14 Å². The van der Waals surface area contributed by atoms with Gasteiger partial charge in [-0.05, 0) is 37.8 Å². The van der Waals surface area contributed by atoms with Crippen LogP contribution in [0.25, 0.3) is 0 Å². The first-order valence-electron chi connectivity index (χ1n) is 19.6. The van der Waals surface area contributed by atoms with Gasteiger partial charge in [-0.2, -0.15) is 0 Å². The monoisotopic (exact) mass is 1760 g/mol. The molecule has 406 valence electrons. The number of hydrogen-bond donors (Lipinski definition) is 12. The molecule has 18 nitrogen and oxygen atoms in total. The predicted octanol–water partition coefficient (Wildman–Crippen LogP) is -0.0248. The van der Waals surface area contributed by atoms with Crippen molar-refractivity contribution >= 4 is 126 Å². The van der Waals surface area contributed by atoms with Gasteiger partial charge in [-0.15, -0.1) is 0 Å². The first-order chi connectivity index (χ1) is 28.7. The molecule has 67 heavy (non-hydrogen) atoms. The van der Waals surface area contributed by atoms with E-state index in [1.165, 1.54) is 141 Å². The van der Waals surface area contributed by atoms with Gasteiger partial charge in [0.2, 0.25) is 0 Å². The van der Waals surface area contributed by atoms with Gasteiger partial charge in [0.05, 0.1) is 0 Å². The van der Waals surface area contributed by atoms with Crippen LogP contribution in [0.3, 0.4) is 0 Å². The summed E-state index contributed by atoms with van der Waals surface area (Å²) in [6.45, 7) is 4.61. The Bertz CT molecular complexity index is 1240. The third-order valence-electron chi connectivity index (χ3n) is 7.72. The number of hydrogen-bond acceptors (Lipinski definition) is 6. The first kappa shape index (κ1) is 94.8. The van der Waals surface area contributed by atoms with Crippen molar-refractivity contribution in [1.82, 2.24) is 0 Å². The van der Waals surface area contributed by atoms with Crippen LogP contribution in [0.15, 0.2) is 48.5 Å². The van der Waals surface area contributed by atoms with Crippen LogP contribution in [0.5, 0.6) is 0 Å². The Morgan fingerprint density at radius 3 is 0.672 bits per heavy atom. The summed E-state index contributed by atoms with van der Waals surface area (Å²) in [6.07, 6.45) is 30.9. The minimum atomic E-state index is -3.70. The molecule has 2 rings (SSSR count). The molecule has 2 aromatic rings. The molecule has 0 aliphatic carbocycles. The molecule has 6 radical (unpaired) electrons. The summed E-state index contributed by atoms with van der Waals surface area (Å²) in [5.74, 6) is 0. The van der Waals surface area contributed by atoms with E-state index in [9.17, 15) is 0 Å². The molecule has 12 N–H and O–H groups in total. The molecule has 0 unspecified atom stereocenters. The normalized spacial score (nSPS) is 8.57. The van der Waals surface area contributed by atoms with Crippen molar-refractivity contribution < 1.29 is 108 Å². The third kappa shape index (κ3) is 110. The molecule has 0 saturated heterocycles. The Hall–Kier alpha value is 1.98. The summed E-state index contributed by atoms with van der Waals surface area (Å²) in [7, 11) is 0. The molecule has 0 spiro atoms. The average molecular weight is 1770 g/mol. The molecule has 0 aromatic heterocycles. The van der Waals surface area contributed by atoms with Crippen LogP contribution in [-0.2, 0) is 30.9 Å². The fourth-order valence-electron chi connectivity index (χ4n) is 5.30. The summed E-state index contributed by atoms with van der Waals surface area (Å²) in [4.78, 5) is 0. The van der Waals surface area contributed by atoms with Gasteiger partial charge in [-0.25, -0.2) is 0 Å². The topological polar surface area (TPSA) is 345 Å². The molecule has 0 saturated carbocycles. The zero-order chi connectivity index (χ0) is 47.7. The van der Waals surface area contributed by atoms with Crippen LogP contribution in [0.1, 0.15) is 153 Å². The second-order valence-corrected chi connectivity index (χ2v) is 24.2. The zero-order valence-corrected chi connectivity index (χ0v) is 55.0. The molecule has 0 bridgehead atoms. The van der Waals surface area contributed by atoms with E-state index in [2.05, 4.69) is 62.4 Å². The van der Waals surface area contributed by atoms with E-state index in [1.54, 1.807) is 18.3 Å². The molecule has 0 aliphatic rings. The van der Waals surface area contributed by atoms with Crippen LogP contribution >= 0.6 is 0 Å². The fraction of sp³-hybridized carbons (Fsp3) is 0.667. The molecule has 0 atom stereocenters. The van der Waals surface area contributed by atoms with Gasteiger partial charge in [-0.3, -0.25) is 28.2 Å². The van der Waals surface area contributed by atoms with E-state index in [0.717, 1.165) is 0 Å². The van der Waals surface area contributed by atoms with E-state index in [0.29, 0.717) is 0 Å². The summed E-state index contributed by atoms with van der Waals surface area (Å²) >= 11 is -22.3. The van der Waals surface area contributed by atoms with Crippen LogP contribution in [-0.4, -0.2) is 167 Å². The molecule has 0 heterocycles. The van der Waals surface area contributed by atoms with Crippen LogP contribution in [0.2, 0.25) is 0 Å². The van der Waals surface area contributed by atoms with Crippen molar-refractivity contribution in [2.75, 3.05) is 0 Å². The Labute approximate surface area is 450 Å². The Morgan fingerprint density at radius 1 is 0.313 bits per heavy atom. The van der Waals surface area contributed by atoms with Gasteiger partial charge in [0.1, 0.15) is 0 Å². The second kappa shape index (κ2) is 76.9. The molecular formula is C36H76F6IO18Sb6+. The average Bonchev–Trinajstić information content (AvgIpc) is 3.13. The molecule has 0 amide bonds. The Morgan fingerprint density at radius 2 is 0.478 bits per heavy atom. The van der Waals surface area contributed by atoms with Gasteiger partial charge in [-0.1, -0.05) is 166 Å². The quantitative estimate of drug-likeness (QED) is 0.0284. The molecule has 2 aromatic carbocycles. The van der Waals surface area contributed by atoms with Crippen molar-refractivity contribution in [2.24, 2.45) is 0 Å². The fourth-order valence-corrected chi connectivity index (χ4v) is 8.29. The number of unbranched alkanes of at least 4 members (excludes halogenated alkanes) is 18. The van der Waals surface area contributed by atoms with E-state index in [1.807, 2.05) is 0 Å². The Balaban J connectivity index is -0.0000000966.